The van der Waals surface area contributed by atoms with Crippen LogP contribution in [0.5, 0.6) is 0 Å². The van der Waals surface area contributed by atoms with Gasteiger partial charge < -0.3 is 9.42 Å². The van der Waals surface area contributed by atoms with Gasteiger partial charge in [0.25, 0.3) is 5.91 Å². The number of nitrogens with one attached hydrogen (secondary N) is 1. The van der Waals surface area contributed by atoms with Gasteiger partial charge in [0.2, 0.25) is 5.88 Å². The zero-order valence-corrected chi connectivity index (χ0v) is 12.9. The van der Waals surface area contributed by atoms with Crippen molar-refractivity contribution in [3.63, 3.8) is 0 Å². The summed E-state index contributed by atoms with van der Waals surface area (Å²) in [5.41, 5.74) is 2.34. The summed E-state index contributed by atoms with van der Waals surface area (Å²) in [4.78, 5) is 23.0. The van der Waals surface area contributed by atoms with Crippen LogP contribution < -0.4 is 10.2 Å². The van der Waals surface area contributed by atoms with Gasteiger partial charge in [-0.25, -0.2) is 9.97 Å². The van der Waals surface area contributed by atoms with Crippen molar-refractivity contribution in [3.8, 4) is 0 Å². The van der Waals surface area contributed by atoms with Crippen LogP contribution in [0, 0.1) is 0 Å². The molecule has 0 spiro atoms. The van der Waals surface area contributed by atoms with Crippen molar-refractivity contribution in [1.82, 2.24) is 15.1 Å². The van der Waals surface area contributed by atoms with E-state index in [4.69, 9.17) is 4.52 Å². The minimum absolute atomic E-state index is 0.280. The second-order valence-electron chi connectivity index (χ2n) is 6.05. The Kier molecular flexibility index (Phi) is 3.69. The molecular formula is C16H19N5O2. The molecule has 0 aromatic carbocycles. The van der Waals surface area contributed by atoms with E-state index in [-0.39, 0.29) is 5.91 Å². The fourth-order valence-corrected chi connectivity index (χ4v) is 3.25. The number of carbonyl (C=O) groups excluding carboxylic acids is 1. The summed E-state index contributed by atoms with van der Waals surface area (Å²) < 4.78 is 5.30. The van der Waals surface area contributed by atoms with Gasteiger partial charge in [0.15, 0.2) is 0 Å². The van der Waals surface area contributed by atoms with E-state index in [2.05, 4.69) is 25.3 Å². The van der Waals surface area contributed by atoms with Crippen LogP contribution >= 0.6 is 0 Å². The molecule has 1 amide bonds. The Morgan fingerprint density at radius 1 is 1.13 bits per heavy atom. The molecular weight excluding hydrogens is 294 g/mol. The third-order valence-electron chi connectivity index (χ3n) is 4.50. The Morgan fingerprint density at radius 3 is 2.83 bits per heavy atom. The highest BCUT2D eigenvalue weighted by Gasteiger charge is 2.22. The van der Waals surface area contributed by atoms with Gasteiger partial charge in [-0.15, -0.1) is 0 Å². The Morgan fingerprint density at radius 2 is 1.96 bits per heavy atom. The molecule has 2 aromatic heterocycles. The van der Waals surface area contributed by atoms with E-state index < -0.39 is 0 Å². The third-order valence-corrected chi connectivity index (χ3v) is 4.50. The maximum Gasteiger partial charge on any atom is 0.276 e. The molecule has 2 aliphatic rings. The number of hydrogen-bond acceptors (Lipinski definition) is 6. The Bertz CT molecular complexity index is 721. The molecule has 0 bridgehead atoms. The van der Waals surface area contributed by atoms with Gasteiger partial charge in [0.05, 0.1) is 5.69 Å². The number of amides is 1. The topological polar surface area (TPSA) is 84.2 Å². The molecule has 0 radical (unpaired) electrons. The summed E-state index contributed by atoms with van der Waals surface area (Å²) in [7, 11) is 0. The van der Waals surface area contributed by atoms with Crippen LogP contribution in [0.25, 0.3) is 0 Å². The normalized spacial score (nSPS) is 17.1. The lowest BCUT2D eigenvalue weighted by Gasteiger charge is -2.16. The maximum atomic E-state index is 12.5. The molecule has 0 saturated carbocycles. The molecule has 7 heteroatoms. The lowest BCUT2D eigenvalue weighted by atomic mass is 9.98. The fourth-order valence-electron chi connectivity index (χ4n) is 3.25. The first-order chi connectivity index (χ1) is 11.3. The van der Waals surface area contributed by atoms with Crippen molar-refractivity contribution >= 4 is 17.6 Å². The first-order valence-corrected chi connectivity index (χ1v) is 8.17. The summed E-state index contributed by atoms with van der Waals surface area (Å²) in [5.74, 6) is 0.991. The Balaban J connectivity index is 1.53. The third kappa shape index (κ3) is 2.78. The van der Waals surface area contributed by atoms with E-state index in [1.807, 2.05) is 0 Å². The van der Waals surface area contributed by atoms with Crippen molar-refractivity contribution in [3.05, 3.63) is 29.3 Å². The van der Waals surface area contributed by atoms with Crippen LogP contribution in [0.3, 0.4) is 0 Å². The lowest BCUT2D eigenvalue weighted by Crippen LogP contribution is -2.21. The molecule has 1 N–H and O–H groups in total. The molecule has 1 fully saturated rings. The van der Waals surface area contributed by atoms with E-state index in [0.29, 0.717) is 11.6 Å². The van der Waals surface area contributed by atoms with Crippen LogP contribution in [-0.2, 0) is 12.8 Å². The fraction of sp³-hybridized carbons (Fsp3) is 0.500. The quantitative estimate of drug-likeness (QED) is 0.935. The SMILES string of the molecule is O=C(Nc1onc2c1CCCC2)c1cc(N2CCCC2)ncn1. The van der Waals surface area contributed by atoms with Crippen molar-refractivity contribution in [2.45, 2.75) is 38.5 Å². The molecule has 4 rings (SSSR count). The van der Waals surface area contributed by atoms with E-state index >= 15 is 0 Å². The van der Waals surface area contributed by atoms with Gasteiger partial charge >= 0.3 is 0 Å². The molecule has 1 aliphatic heterocycles. The largest absolute Gasteiger partial charge is 0.357 e. The van der Waals surface area contributed by atoms with Gasteiger partial charge in [0.1, 0.15) is 17.8 Å². The molecule has 7 nitrogen and oxygen atoms in total. The smallest absolute Gasteiger partial charge is 0.276 e. The van der Waals surface area contributed by atoms with Crippen LogP contribution in [-0.4, -0.2) is 34.1 Å². The number of carbonyl (C=O) groups is 1. The molecule has 2 aromatic rings. The predicted octanol–water partition coefficient (Wildman–Crippen LogP) is 2.20. The highest BCUT2D eigenvalue weighted by Crippen LogP contribution is 2.28. The monoisotopic (exact) mass is 313 g/mol. The van der Waals surface area contributed by atoms with Crippen LogP contribution in [0.2, 0.25) is 0 Å². The average Bonchev–Trinajstić information content (AvgIpc) is 3.25. The molecule has 23 heavy (non-hydrogen) atoms. The number of nitrogens with zero attached hydrogens (tertiary/aromatic N) is 4. The molecule has 3 heterocycles. The zero-order valence-electron chi connectivity index (χ0n) is 12.9. The molecule has 0 unspecified atom stereocenters. The van der Waals surface area contributed by atoms with Crippen LogP contribution in [0.15, 0.2) is 16.9 Å². The van der Waals surface area contributed by atoms with E-state index in [1.54, 1.807) is 6.07 Å². The van der Waals surface area contributed by atoms with Gasteiger partial charge in [-0.3, -0.25) is 10.1 Å². The minimum Gasteiger partial charge on any atom is -0.357 e. The minimum atomic E-state index is -0.280. The molecule has 1 aliphatic carbocycles. The maximum absolute atomic E-state index is 12.5. The van der Waals surface area contributed by atoms with Crippen molar-refractivity contribution in [2.24, 2.45) is 0 Å². The van der Waals surface area contributed by atoms with Crippen molar-refractivity contribution in [2.75, 3.05) is 23.3 Å². The number of anilines is 2. The summed E-state index contributed by atoms with van der Waals surface area (Å²) in [5, 5.41) is 6.86. The van der Waals surface area contributed by atoms with Gasteiger partial charge in [-0.1, -0.05) is 5.16 Å². The average molecular weight is 313 g/mol. The van der Waals surface area contributed by atoms with Gasteiger partial charge in [-0.05, 0) is 38.5 Å². The Labute approximate surface area is 134 Å². The molecule has 0 atom stereocenters. The van der Waals surface area contributed by atoms with Crippen LogP contribution in [0.4, 0.5) is 11.7 Å². The van der Waals surface area contributed by atoms with Crippen molar-refractivity contribution < 1.29 is 9.32 Å². The molecule has 120 valence electrons. The lowest BCUT2D eigenvalue weighted by molar-refractivity contribution is 0.101. The number of aryl methyl sites for hydroxylation is 1. The second-order valence-corrected chi connectivity index (χ2v) is 6.05. The highest BCUT2D eigenvalue weighted by atomic mass is 16.5. The van der Waals surface area contributed by atoms with Gasteiger partial charge in [0, 0.05) is 24.7 Å². The summed E-state index contributed by atoms with van der Waals surface area (Å²) >= 11 is 0. The first kappa shape index (κ1) is 14.2. The first-order valence-electron chi connectivity index (χ1n) is 8.17. The standard InChI is InChI=1S/C16H19N5O2/c22-15(19-16-11-5-1-2-6-12(11)20-23-16)13-9-14(18-10-17-13)21-7-3-4-8-21/h9-10H,1-8H2,(H,19,22). The number of rotatable bonds is 3. The zero-order chi connectivity index (χ0) is 15.6. The summed E-state index contributed by atoms with van der Waals surface area (Å²) in [6, 6.07) is 1.74. The van der Waals surface area contributed by atoms with Crippen molar-refractivity contribution in [1.29, 1.82) is 0 Å². The van der Waals surface area contributed by atoms with E-state index in [0.717, 1.165) is 68.7 Å². The second kappa shape index (κ2) is 5.98. The van der Waals surface area contributed by atoms with Crippen LogP contribution in [0.1, 0.15) is 47.4 Å². The van der Waals surface area contributed by atoms with E-state index in [1.165, 1.54) is 6.33 Å². The predicted molar refractivity (Wildman–Crippen MR) is 84.6 cm³/mol. The Hall–Kier alpha value is -2.44. The van der Waals surface area contributed by atoms with E-state index in [9.17, 15) is 4.79 Å². The summed E-state index contributed by atoms with van der Waals surface area (Å²) in [6.45, 7) is 1.96. The number of fused-ring (bicyclic) bond motifs is 1. The highest BCUT2D eigenvalue weighted by molar-refractivity contribution is 6.02. The summed E-state index contributed by atoms with van der Waals surface area (Å²) in [6.07, 6.45) is 7.81. The molecule has 1 saturated heterocycles. The number of hydrogen-bond donors (Lipinski definition) is 1. The van der Waals surface area contributed by atoms with Gasteiger partial charge in [-0.2, -0.15) is 0 Å². The number of aromatic nitrogens is 3.